The molecule has 33 heavy (non-hydrogen) atoms. The van der Waals surface area contributed by atoms with Crippen molar-refractivity contribution in [3.05, 3.63) is 78.8 Å². The summed E-state index contributed by atoms with van der Waals surface area (Å²) in [6, 6.07) is 16.1. The predicted molar refractivity (Wildman–Crippen MR) is 135 cm³/mol. The molecule has 0 atom stereocenters. The van der Waals surface area contributed by atoms with E-state index < -0.39 is 0 Å². The van der Waals surface area contributed by atoms with E-state index in [2.05, 4.69) is 41.2 Å². The number of amides is 1. The highest BCUT2D eigenvalue weighted by Crippen LogP contribution is 2.34. The second-order valence-electron chi connectivity index (χ2n) is 8.32. The first kappa shape index (κ1) is 22.2. The maximum absolute atomic E-state index is 12.6. The van der Waals surface area contributed by atoms with E-state index in [1.54, 1.807) is 18.0 Å². The van der Waals surface area contributed by atoms with Crippen LogP contribution in [0, 0.1) is 6.92 Å². The number of carbonyl (C=O) groups is 1. The van der Waals surface area contributed by atoms with Crippen molar-refractivity contribution in [3.63, 3.8) is 0 Å². The Morgan fingerprint density at radius 3 is 2.58 bits per heavy atom. The number of aryl methyl sites for hydroxylation is 1. The fourth-order valence-electron chi connectivity index (χ4n) is 3.69. The lowest BCUT2D eigenvalue weighted by Gasteiger charge is -2.17. The van der Waals surface area contributed by atoms with Crippen LogP contribution in [0.4, 0.5) is 11.5 Å². The molecule has 4 aromatic rings. The van der Waals surface area contributed by atoms with Gasteiger partial charge in [0.05, 0.1) is 5.39 Å². The fourth-order valence-corrected chi connectivity index (χ4v) is 3.69. The molecule has 2 N–H and O–H groups in total. The molecule has 0 aliphatic rings. The predicted octanol–water partition coefficient (Wildman–Crippen LogP) is 4.06. The molecule has 0 bridgehead atoms. The van der Waals surface area contributed by atoms with E-state index in [1.807, 2.05) is 60.1 Å². The molecule has 0 aliphatic heterocycles. The van der Waals surface area contributed by atoms with Crippen molar-refractivity contribution in [2.45, 2.75) is 6.92 Å². The number of aromatic nitrogens is 3. The van der Waals surface area contributed by atoms with Gasteiger partial charge >= 0.3 is 0 Å². The van der Waals surface area contributed by atoms with E-state index in [0.29, 0.717) is 12.4 Å². The summed E-state index contributed by atoms with van der Waals surface area (Å²) in [6.45, 7) is 2.77. The summed E-state index contributed by atoms with van der Waals surface area (Å²) >= 11 is 0. The summed E-state index contributed by atoms with van der Waals surface area (Å²) in [5.41, 5.74) is 11.8. The number of hydrogen-bond acceptors (Lipinski definition) is 5. The highest BCUT2D eigenvalue weighted by molar-refractivity contribution is 6.02. The third-order valence-electron chi connectivity index (χ3n) is 5.53. The number of carbonyl (C=O) groups excluding carboxylic acids is 1. The van der Waals surface area contributed by atoms with Crippen molar-refractivity contribution in [2.75, 3.05) is 38.3 Å². The number of benzene rings is 2. The number of rotatable bonds is 6. The van der Waals surface area contributed by atoms with Crippen LogP contribution in [-0.4, -0.2) is 53.0 Å². The molecule has 0 unspecified atom stereocenters. The lowest BCUT2D eigenvalue weighted by molar-refractivity contribution is -0.113. The topological polar surface area (TPSA) is 80.3 Å². The van der Waals surface area contributed by atoms with Gasteiger partial charge < -0.3 is 20.1 Å². The van der Waals surface area contributed by atoms with E-state index in [0.717, 1.165) is 33.5 Å². The zero-order valence-electron chi connectivity index (χ0n) is 19.4. The van der Waals surface area contributed by atoms with Crippen molar-refractivity contribution >= 4 is 28.4 Å². The van der Waals surface area contributed by atoms with Gasteiger partial charge in [-0.1, -0.05) is 42.0 Å². The van der Waals surface area contributed by atoms with Crippen LogP contribution in [0.5, 0.6) is 0 Å². The highest BCUT2D eigenvalue weighted by Gasteiger charge is 2.17. The van der Waals surface area contributed by atoms with Gasteiger partial charge in [-0.3, -0.25) is 4.79 Å². The summed E-state index contributed by atoms with van der Waals surface area (Å²) < 4.78 is 1.99. The number of nitrogens with two attached hydrogens (primary N) is 1. The Hall–Kier alpha value is -3.97. The molecule has 2 aromatic heterocycles. The number of nitrogens with zero attached hydrogens (tertiary/aromatic N) is 5. The average Bonchev–Trinajstić information content (AvgIpc) is 3.20. The first-order valence-electron chi connectivity index (χ1n) is 10.7. The molecule has 168 valence electrons. The van der Waals surface area contributed by atoms with Crippen LogP contribution in [0.1, 0.15) is 5.56 Å². The molecule has 2 aromatic carbocycles. The van der Waals surface area contributed by atoms with Gasteiger partial charge in [-0.2, -0.15) is 0 Å². The first-order chi connectivity index (χ1) is 15.8. The molecule has 0 aliphatic carbocycles. The smallest absolute Gasteiger partial charge is 0.250 e. The molecule has 0 fully saturated rings. The second-order valence-corrected chi connectivity index (χ2v) is 8.32. The molecule has 2 heterocycles. The van der Waals surface area contributed by atoms with Crippen molar-refractivity contribution in [3.8, 4) is 16.8 Å². The number of likely N-dealkylation sites (N-methyl/N-ethyl adjacent to an activating group) is 2. The minimum Gasteiger partial charge on any atom is -0.383 e. The molecule has 7 heteroatoms. The number of hydrogen-bond donors (Lipinski definition) is 1. The third kappa shape index (κ3) is 4.63. The number of fused-ring (bicyclic) bond motifs is 1. The molecule has 0 saturated heterocycles. The summed E-state index contributed by atoms with van der Waals surface area (Å²) in [5, 5.41) is 0.808. The number of nitrogen functional groups attached to an aromatic ring is 1. The Kier molecular flexibility index (Phi) is 6.24. The highest BCUT2D eigenvalue weighted by atomic mass is 16.2. The molecule has 1 amide bonds. The molecule has 0 radical (unpaired) electrons. The van der Waals surface area contributed by atoms with Gasteiger partial charge in [0.2, 0.25) is 5.91 Å². The van der Waals surface area contributed by atoms with E-state index in [4.69, 9.17) is 5.73 Å². The zero-order valence-corrected chi connectivity index (χ0v) is 19.4. The van der Waals surface area contributed by atoms with Crippen molar-refractivity contribution in [2.24, 2.45) is 0 Å². The van der Waals surface area contributed by atoms with Gasteiger partial charge in [-0.15, -0.1) is 0 Å². The van der Waals surface area contributed by atoms with Crippen LogP contribution in [0.2, 0.25) is 0 Å². The molecule has 0 saturated carbocycles. The van der Waals surface area contributed by atoms with Crippen LogP contribution >= 0.6 is 0 Å². The summed E-state index contributed by atoms with van der Waals surface area (Å²) in [6.07, 6.45) is 6.96. The Balaban J connectivity index is 1.76. The first-order valence-corrected chi connectivity index (χ1v) is 10.7. The summed E-state index contributed by atoms with van der Waals surface area (Å²) in [4.78, 5) is 25.0. The Bertz CT molecular complexity index is 1320. The van der Waals surface area contributed by atoms with Crippen molar-refractivity contribution in [1.29, 1.82) is 0 Å². The van der Waals surface area contributed by atoms with Gasteiger partial charge in [0.1, 0.15) is 12.1 Å². The molecule has 4 rings (SSSR count). The van der Waals surface area contributed by atoms with Gasteiger partial charge in [0, 0.05) is 42.8 Å². The van der Waals surface area contributed by atoms with Crippen LogP contribution < -0.4 is 10.6 Å². The van der Waals surface area contributed by atoms with Crippen molar-refractivity contribution < 1.29 is 4.79 Å². The van der Waals surface area contributed by atoms with Crippen LogP contribution in [0.25, 0.3) is 27.8 Å². The molecule has 0 spiro atoms. The monoisotopic (exact) mass is 440 g/mol. The van der Waals surface area contributed by atoms with Crippen LogP contribution in [0.3, 0.4) is 0 Å². The maximum atomic E-state index is 12.6. The normalized spacial score (nSPS) is 11.5. The van der Waals surface area contributed by atoms with E-state index in [1.165, 1.54) is 11.9 Å². The largest absolute Gasteiger partial charge is 0.383 e. The fraction of sp³-hybridized carbons (Fsp3) is 0.192. The molecular formula is C26H28N6O. The third-order valence-corrected chi connectivity index (χ3v) is 5.53. The van der Waals surface area contributed by atoms with Gasteiger partial charge in [0.25, 0.3) is 0 Å². The van der Waals surface area contributed by atoms with Gasteiger partial charge in [0.15, 0.2) is 5.65 Å². The molecule has 7 nitrogen and oxygen atoms in total. The number of anilines is 2. The minimum atomic E-state index is -0.0849. The zero-order chi connectivity index (χ0) is 23.5. The second kappa shape index (κ2) is 9.26. The average molecular weight is 441 g/mol. The van der Waals surface area contributed by atoms with Gasteiger partial charge in [-0.25, -0.2) is 9.97 Å². The van der Waals surface area contributed by atoms with Gasteiger partial charge in [-0.05, 0) is 44.8 Å². The quantitative estimate of drug-likeness (QED) is 0.458. The lowest BCUT2D eigenvalue weighted by atomic mass is 10.0. The minimum absolute atomic E-state index is 0.0849. The summed E-state index contributed by atoms with van der Waals surface area (Å²) in [5.74, 6) is 0.349. The van der Waals surface area contributed by atoms with Crippen LogP contribution in [0.15, 0.2) is 73.2 Å². The lowest BCUT2D eigenvalue weighted by Crippen LogP contribution is -2.24. The van der Waals surface area contributed by atoms with E-state index in [-0.39, 0.29) is 5.91 Å². The maximum Gasteiger partial charge on any atom is 0.250 e. The van der Waals surface area contributed by atoms with Crippen molar-refractivity contribution in [1.82, 2.24) is 19.4 Å². The SMILES string of the molecule is Cc1ccc(-c2cn(-c3cccc(N(C)C(=O)/C=C/CN(C)C)c3)c3ncnc(N)c23)cc1. The molecular weight excluding hydrogens is 412 g/mol. The Labute approximate surface area is 193 Å². The van der Waals surface area contributed by atoms with E-state index in [9.17, 15) is 4.79 Å². The Morgan fingerprint density at radius 1 is 1.09 bits per heavy atom. The summed E-state index contributed by atoms with van der Waals surface area (Å²) in [7, 11) is 5.70. The Morgan fingerprint density at radius 2 is 1.85 bits per heavy atom. The standard InChI is InChI=1S/C26H28N6O/c1-18-10-12-19(13-11-18)22-16-32(26-24(22)25(27)28-17-29-26)21-8-5-7-20(15-21)31(4)23(33)9-6-14-30(2)3/h5-13,15-17H,14H2,1-4H3,(H2,27,28,29)/b9-6+. The van der Waals surface area contributed by atoms with E-state index >= 15 is 0 Å². The van der Waals surface area contributed by atoms with Crippen LogP contribution in [-0.2, 0) is 4.79 Å².